The largest absolute Gasteiger partial charge is 0.445 e. The van der Waals surface area contributed by atoms with Gasteiger partial charge in [-0.05, 0) is 37.8 Å². The molecule has 1 amide bonds. The number of piperidine rings is 2. The van der Waals surface area contributed by atoms with Gasteiger partial charge in [-0.25, -0.2) is 4.79 Å². The van der Waals surface area contributed by atoms with Gasteiger partial charge in [-0.2, -0.15) is 0 Å². The van der Waals surface area contributed by atoms with Crippen LogP contribution >= 0.6 is 0 Å². The van der Waals surface area contributed by atoms with Crippen molar-refractivity contribution in [3.8, 4) is 0 Å². The smallest absolute Gasteiger partial charge is 0.410 e. The summed E-state index contributed by atoms with van der Waals surface area (Å²) in [5.41, 5.74) is 1.24. The molecule has 0 unspecified atom stereocenters. The third kappa shape index (κ3) is 6.91. The topological polar surface area (TPSA) is 80.3 Å². The quantitative estimate of drug-likeness (QED) is 0.740. The summed E-state index contributed by atoms with van der Waals surface area (Å²) in [5.74, 6) is 0. The maximum absolute atomic E-state index is 12.0. The van der Waals surface area contributed by atoms with E-state index in [-0.39, 0.29) is 24.7 Å². The summed E-state index contributed by atoms with van der Waals surface area (Å²) >= 11 is 0. The van der Waals surface area contributed by atoms with E-state index in [1.165, 1.54) is 25.8 Å². The Morgan fingerprint density at radius 3 is 2.23 bits per heavy atom. The Bertz CT molecular complexity index is 639. The fourth-order valence-corrected chi connectivity index (χ4v) is 4.44. The molecule has 7 heteroatoms. The lowest BCUT2D eigenvalue weighted by atomic mass is 9.86. The van der Waals surface area contributed by atoms with Gasteiger partial charge in [0.1, 0.15) is 6.61 Å². The minimum Gasteiger partial charge on any atom is -0.445 e. The Morgan fingerprint density at radius 1 is 1.06 bits per heavy atom. The molecule has 1 aromatic rings. The second-order valence-electron chi connectivity index (χ2n) is 8.41. The van der Waals surface area contributed by atoms with E-state index in [1.54, 1.807) is 4.90 Å². The van der Waals surface area contributed by atoms with E-state index >= 15 is 0 Å². The molecule has 4 aliphatic rings. The number of likely N-dealkylation sites (tertiary alicyclic amines) is 1. The van der Waals surface area contributed by atoms with E-state index in [2.05, 4.69) is 5.32 Å². The summed E-state index contributed by atoms with van der Waals surface area (Å²) in [6.45, 7) is 5.88. The maximum Gasteiger partial charge on any atom is 0.410 e. The Morgan fingerprint density at radius 2 is 1.71 bits per heavy atom. The van der Waals surface area contributed by atoms with Crippen molar-refractivity contribution in [3.05, 3.63) is 35.9 Å². The third-order valence-electron chi connectivity index (χ3n) is 6.37. The number of amides is 1. The number of aliphatic hydroxyl groups excluding tert-OH is 1. The molecule has 4 heterocycles. The van der Waals surface area contributed by atoms with Crippen LogP contribution < -0.4 is 5.32 Å². The van der Waals surface area contributed by atoms with Crippen molar-refractivity contribution in [1.82, 2.24) is 10.2 Å². The molecule has 2 spiro atoms. The predicted molar refractivity (Wildman–Crippen MR) is 121 cm³/mol. The van der Waals surface area contributed by atoms with Crippen LogP contribution in [0.3, 0.4) is 0 Å². The van der Waals surface area contributed by atoms with Crippen LogP contribution in [0.15, 0.2) is 30.3 Å². The van der Waals surface area contributed by atoms with Gasteiger partial charge in [0.25, 0.3) is 0 Å². The molecule has 7 nitrogen and oxygen atoms in total. The molecule has 0 radical (unpaired) electrons. The summed E-state index contributed by atoms with van der Waals surface area (Å²) in [4.78, 5) is 13.8. The third-order valence-corrected chi connectivity index (χ3v) is 6.37. The molecule has 176 valence electrons. The molecule has 5 rings (SSSR count). The lowest BCUT2D eigenvalue weighted by Crippen LogP contribution is -2.57. The Labute approximate surface area is 187 Å². The molecule has 0 aliphatic carbocycles. The number of carbonyl (C=O) groups is 1. The van der Waals surface area contributed by atoms with Crippen molar-refractivity contribution < 1.29 is 24.1 Å². The first-order valence-electron chi connectivity index (χ1n) is 11.1. The molecule has 4 aliphatic heterocycles. The SMILES string of the molecule is C.C1CNC[C@@]2(C1)CCO2.CO.O=C(OCc1ccccc1)N1CCC[C@@]2(CCO2)C1. The van der Waals surface area contributed by atoms with Crippen molar-refractivity contribution in [3.63, 3.8) is 0 Å². The molecule has 0 aromatic heterocycles. The lowest BCUT2D eigenvalue weighted by molar-refractivity contribution is -0.173. The molecule has 2 atom stereocenters. The number of benzene rings is 1. The number of rotatable bonds is 2. The van der Waals surface area contributed by atoms with E-state index < -0.39 is 0 Å². The minimum atomic E-state index is -0.224. The number of hydrogen-bond acceptors (Lipinski definition) is 6. The number of nitrogens with one attached hydrogen (secondary N) is 1. The highest BCUT2D eigenvalue weighted by Gasteiger charge is 2.43. The monoisotopic (exact) mass is 436 g/mol. The first kappa shape index (κ1) is 25.6. The second kappa shape index (κ2) is 12.4. The van der Waals surface area contributed by atoms with Gasteiger partial charge in [-0.1, -0.05) is 37.8 Å². The zero-order valence-electron chi connectivity index (χ0n) is 18.1. The summed E-state index contributed by atoms with van der Waals surface area (Å²) in [6.07, 6.45) is 6.75. The molecule has 2 N–H and O–H groups in total. The van der Waals surface area contributed by atoms with Gasteiger partial charge in [0.2, 0.25) is 0 Å². The van der Waals surface area contributed by atoms with Crippen molar-refractivity contribution in [1.29, 1.82) is 0 Å². The fraction of sp³-hybridized carbons (Fsp3) is 0.708. The summed E-state index contributed by atoms with van der Waals surface area (Å²) < 4.78 is 16.5. The Kier molecular flexibility index (Phi) is 10.2. The molecular formula is C24H40N2O5. The van der Waals surface area contributed by atoms with Gasteiger partial charge in [0.05, 0.1) is 31.0 Å². The first-order chi connectivity index (χ1) is 14.7. The van der Waals surface area contributed by atoms with Crippen LogP contribution in [0.25, 0.3) is 0 Å². The fourth-order valence-electron chi connectivity index (χ4n) is 4.44. The van der Waals surface area contributed by atoms with Crippen molar-refractivity contribution in [2.45, 2.75) is 63.8 Å². The van der Waals surface area contributed by atoms with Gasteiger partial charge < -0.3 is 29.5 Å². The molecule has 0 bridgehead atoms. The van der Waals surface area contributed by atoms with E-state index in [4.69, 9.17) is 19.3 Å². The van der Waals surface area contributed by atoms with Gasteiger partial charge in [0, 0.05) is 33.0 Å². The maximum atomic E-state index is 12.0. The molecule has 4 saturated heterocycles. The standard InChI is InChI=1S/C15H19NO3.C7H13NO.CH4O.CH4/c17-14(18-11-13-5-2-1-3-6-13)16-9-4-7-15(12-16)8-10-19-15;1-2-7(3-5-9-7)6-8-4-1;1-2;/h1-3,5-6H,4,7-12H2;8H,1-6H2;2H,1H3;1H4/t15-;7-;;/m11../s1. The van der Waals surface area contributed by atoms with E-state index in [1.807, 2.05) is 30.3 Å². The van der Waals surface area contributed by atoms with Crippen LogP contribution in [0.1, 0.15) is 51.5 Å². The molecule has 0 saturated carbocycles. The summed E-state index contributed by atoms with van der Waals surface area (Å²) in [7, 11) is 1.00. The van der Waals surface area contributed by atoms with Crippen LogP contribution in [-0.2, 0) is 20.8 Å². The Balaban J connectivity index is 0.000000239. The highest BCUT2D eigenvalue weighted by Crippen LogP contribution is 2.35. The number of nitrogens with zero attached hydrogens (tertiary/aromatic N) is 1. The number of hydrogen-bond donors (Lipinski definition) is 2. The first-order valence-corrected chi connectivity index (χ1v) is 11.1. The zero-order valence-corrected chi connectivity index (χ0v) is 18.1. The van der Waals surface area contributed by atoms with Gasteiger partial charge >= 0.3 is 6.09 Å². The lowest BCUT2D eigenvalue weighted by Gasteiger charge is -2.47. The number of ether oxygens (including phenoxy) is 3. The predicted octanol–water partition coefficient (Wildman–Crippen LogP) is 3.35. The molecular weight excluding hydrogens is 396 g/mol. The van der Waals surface area contributed by atoms with Crippen molar-refractivity contribution in [2.75, 3.05) is 46.5 Å². The van der Waals surface area contributed by atoms with Gasteiger partial charge in [-0.3, -0.25) is 0 Å². The summed E-state index contributed by atoms with van der Waals surface area (Å²) in [6, 6.07) is 9.76. The van der Waals surface area contributed by atoms with E-state index in [0.29, 0.717) is 13.2 Å². The summed E-state index contributed by atoms with van der Waals surface area (Å²) in [5, 5.41) is 10.4. The van der Waals surface area contributed by atoms with Crippen LogP contribution in [0.4, 0.5) is 4.79 Å². The highest BCUT2D eigenvalue weighted by molar-refractivity contribution is 5.68. The van der Waals surface area contributed by atoms with Crippen LogP contribution in [0.5, 0.6) is 0 Å². The van der Waals surface area contributed by atoms with Crippen molar-refractivity contribution in [2.24, 2.45) is 0 Å². The molecule has 1 aromatic carbocycles. The van der Waals surface area contributed by atoms with Gasteiger partial charge in [-0.15, -0.1) is 0 Å². The van der Waals surface area contributed by atoms with Crippen molar-refractivity contribution >= 4 is 6.09 Å². The zero-order chi connectivity index (χ0) is 21.3. The van der Waals surface area contributed by atoms with Crippen LogP contribution in [-0.4, -0.2) is 73.8 Å². The van der Waals surface area contributed by atoms with Crippen LogP contribution in [0.2, 0.25) is 0 Å². The number of carbonyl (C=O) groups excluding carboxylic acids is 1. The van der Waals surface area contributed by atoms with Gasteiger partial charge in [0.15, 0.2) is 0 Å². The molecule has 31 heavy (non-hydrogen) atoms. The normalized spacial score (nSPS) is 28.5. The second-order valence-corrected chi connectivity index (χ2v) is 8.41. The average Bonchev–Trinajstić information content (AvgIpc) is 2.78. The van der Waals surface area contributed by atoms with E-state index in [0.717, 1.165) is 58.2 Å². The Hall–Kier alpha value is -1.67. The molecule has 4 fully saturated rings. The number of aliphatic hydroxyl groups is 1. The minimum absolute atomic E-state index is 0. The van der Waals surface area contributed by atoms with Crippen LogP contribution in [0, 0.1) is 0 Å². The van der Waals surface area contributed by atoms with E-state index in [9.17, 15) is 4.79 Å². The average molecular weight is 437 g/mol. The highest BCUT2D eigenvalue weighted by atomic mass is 16.6.